The molecule has 1 amide bonds. The third-order valence-corrected chi connectivity index (χ3v) is 5.83. The van der Waals surface area contributed by atoms with Crippen molar-refractivity contribution in [2.45, 2.75) is 39.2 Å². The molecule has 0 aliphatic rings. The summed E-state index contributed by atoms with van der Waals surface area (Å²) in [5.41, 5.74) is 1.98. The molecule has 0 aliphatic carbocycles. The topological polar surface area (TPSA) is 115 Å². The average Bonchev–Trinajstić information content (AvgIpc) is 3.43. The fourth-order valence-corrected chi connectivity index (χ4v) is 4.06. The minimum Gasteiger partial charge on any atom is -0.496 e. The first-order chi connectivity index (χ1) is 16.2. The van der Waals surface area contributed by atoms with Gasteiger partial charge in [-0.1, -0.05) is 19.9 Å². The second-order valence-corrected chi connectivity index (χ2v) is 8.84. The number of nitrogens with one attached hydrogen (secondary N) is 2. The SMILES string of the molecule is COC(=O)[C@H](Cc1cncn1C)NC(=O)[C@@H](CC(=O)c1cc2c(OC)cccc2[nH]1)CC(C)C. The molecule has 0 radical (unpaired) electrons. The molecule has 2 N–H and O–H groups in total. The molecular formula is C25H32N4O5. The van der Waals surface area contributed by atoms with Gasteiger partial charge in [0, 0.05) is 48.6 Å². The Balaban J connectivity index is 1.78. The highest BCUT2D eigenvalue weighted by Crippen LogP contribution is 2.27. The molecule has 3 aromatic rings. The number of aryl methyl sites for hydroxylation is 1. The van der Waals surface area contributed by atoms with Gasteiger partial charge in [-0.25, -0.2) is 9.78 Å². The van der Waals surface area contributed by atoms with Gasteiger partial charge in [-0.3, -0.25) is 9.59 Å². The Morgan fingerprint density at radius 1 is 1.21 bits per heavy atom. The number of H-pyrrole nitrogens is 1. The lowest BCUT2D eigenvalue weighted by Gasteiger charge is -2.22. The van der Waals surface area contributed by atoms with E-state index in [2.05, 4.69) is 15.3 Å². The van der Waals surface area contributed by atoms with E-state index in [-0.39, 0.29) is 30.4 Å². The van der Waals surface area contributed by atoms with Crippen molar-refractivity contribution >= 4 is 28.6 Å². The third-order valence-electron chi connectivity index (χ3n) is 5.83. The number of ether oxygens (including phenoxy) is 2. The zero-order valence-electron chi connectivity index (χ0n) is 20.3. The zero-order valence-corrected chi connectivity index (χ0v) is 20.3. The Kier molecular flexibility index (Phi) is 8.09. The zero-order chi connectivity index (χ0) is 24.8. The van der Waals surface area contributed by atoms with Crippen LogP contribution < -0.4 is 10.1 Å². The summed E-state index contributed by atoms with van der Waals surface area (Å²) >= 11 is 0. The highest BCUT2D eigenvalue weighted by atomic mass is 16.5. The van der Waals surface area contributed by atoms with Crippen molar-refractivity contribution in [1.82, 2.24) is 19.9 Å². The minimum absolute atomic E-state index is 0.0127. The molecule has 0 aliphatic heterocycles. The van der Waals surface area contributed by atoms with Crippen molar-refractivity contribution in [3.8, 4) is 5.75 Å². The second-order valence-electron chi connectivity index (χ2n) is 8.84. The van der Waals surface area contributed by atoms with Crippen LogP contribution in [-0.2, 0) is 27.8 Å². The smallest absolute Gasteiger partial charge is 0.328 e. The van der Waals surface area contributed by atoms with Crippen molar-refractivity contribution < 1.29 is 23.9 Å². The van der Waals surface area contributed by atoms with Gasteiger partial charge in [-0.15, -0.1) is 0 Å². The number of imidazole rings is 1. The minimum atomic E-state index is -0.880. The number of aromatic amines is 1. The summed E-state index contributed by atoms with van der Waals surface area (Å²) in [7, 11) is 4.67. The monoisotopic (exact) mass is 468 g/mol. The number of hydrogen-bond acceptors (Lipinski definition) is 6. The Morgan fingerprint density at radius 2 is 1.97 bits per heavy atom. The van der Waals surface area contributed by atoms with Gasteiger partial charge in [0.05, 0.1) is 26.2 Å². The van der Waals surface area contributed by atoms with Crippen LogP contribution in [0.15, 0.2) is 36.8 Å². The molecule has 0 saturated heterocycles. The van der Waals surface area contributed by atoms with Gasteiger partial charge >= 0.3 is 5.97 Å². The molecule has 182 valence electrons. The fraction of sp³-hybridized carbons (Fsp3) is 0.440. The fourth-order valence-electron chi connectivity index (χ4n) is 4.06. The van der Waals surface area contributed by atoms with Gasteiger partial charge in [0.15, 0.2) is 5.78 Å². The summed E-state index contributed by atoms with van der Waals surface area (Å²) in [6.45, 7) is 3.98. The Bertz CT molecular complexity index is 1160. The number of Topliss-reactive ketones (excluding diaryl/α,β-unsaturated/α-hetero) is 1. The van der Waals surface area contributed by atoms with Crippen LogP contribution in [0.25, 0.3) is 10.9 Å². The van der Waals surface area contributed by atoms with Crippen LogP contribution in [0.3, 0.4) is 0 Å². The van der Waals surface area contributed by atoms with Crippen molar-refractivity contribution in [3.63, 3.8) is 0 Å². The summed E-state index contributed by atoms with van der Waals surface area (Å²) in [5.74, 6) is -0.833. The number of ketones is 1. The molecular weight excluding hydrogens is 436 g/mol. The largest absolute Gasteiger partial charge is 0.496 e. The molecule has 1 aromatic carbocycles. The van der Waals surface area contributed by atoms with Crippen molar-refractivity contribution in [1.29, 1.82) is 0 Å². The van der Waals surface area contributed by atoms with E-state index in [1.165, 1.54) is 7.11 Å². The summed E-state index contributed by atoms with van der Waals surface area (Å²) in [6.07, 6.45) is 4.01. The Hall–Kier alpha value is -3.62. The maximum absolute atomic E-state index is 13.2. The Morgan fingerprint density at radius 3 is 2.59 bits per heavy atom. The van der Waals surface area contributed by atoms with Gasteiger partial charge in [0.1, 0.15) is 11.8 Å². The summed E-state index contributed by atoms with van der Waals surface area (Å²) in [5, 5.41) is 3.61. The van der Waals surface area contributed by atoms with E-state index in [4.69, 9.17) is 9.47 Å². The number of rotatable bonds is 11. The number of benzene rings is 1. The lowest BCUT2D eigenvalue weighted by molar-refractivity contribution is -0.145. The molecule has 0 unspecified atom stereocenters. The van der Waals surface area contributed by atoms with Crippen LogP contribution in [0.2, 0.25) is 0 Å². The Labute approximate surface area is 198 Å². The molecule has 0 spiro atoms. The van der Waals surface area contributed by atoms with Crippen LogP contribution in [0.5, 0.6) is 5.75 Å². The number of nitrogens with zero attached hydrogens (tertiary/aromatic N) is 2. The maximum Gasteiger partial charge on any atom is 0.328 e. The lowest BCUT2D eigenvalue weighted by Crippen LogP contribution is -2.46. The van der Waals surface area contributed by atoms with E-state index in [9.17, 15) is 14.4 Å². The van der Waals surface area contributed by atoms with Crippen molar-refractivity contribution in [2.24, 2.45) is 18.9 Å². The molecule has 2 aromatic heterocycles. The van der Waals surface area contributed by atoms with E-state index in [0.717, 1.165) is 16.6 Å². The first-order valence-electron chi connectivity index (χ1n) is 11.3. The van der Waals surface area contributed by atoms with Gasteiger partial charge in [-0.2, -0.15) is 0 Å². The third kappa shape index (κ3) is 5.84. The number of carbonyl (C=O) groups excluding carboxylic acids is 3. The molecule has 9 heteroatoms. The van der Waals surface area contributed by atoms with E-state index in [1.54, 1.807) is 30.3 Å². The predicted octanol–water partition coefficient (Wildman–Crippen LogP) is 3.05. The molecule has 34 heavy (non-hydrogen) atoms. The van der Waals surface area contributed by atoms with Gasteiger partial charge < -0.3 is 24.3 Å². The summed E-state index contributed by atoms with van der Waals surface area (Å²) < 4.78 is 12.1. The molecule has 0 fully saturated rings. The number of aromatic nitrogens is 3. The van der Waals surface area contributed by atoms with E-state index in [1.807, 2.05) is 39.1 Å². The van der Waals surface area contributed by atoms with Crippen molar-refractivity contribution in [2.75, 3.05) is 14.2 Å². The number of hydrogen-bond donors (Lipinski definition) is 2. The molecule has 2 heterocycles. The van der Waals surface area contributed by atoms with Gasteiger partial charge in [0.25, 0.3) is 0 Å². The second kappa shape index (κ2) is 11.0. The number of methoxy groups -OCH3 is 2. The maximum atomic E-state index is 13.2. The first kappa shape index (κ1) is 25.0. The van der Waals surface area contributed by atoms with E-state index < -0.39 is 17.9 Å². The molecule has 9 nitrogen and oxygen atoms in total. The summed E-state index contributed by atoms with van der Waals surface area (Å²) in [6, 6.07) is 6.41. The molecule has 3 rings (SSSR count). The number of carbonyl (C=O) groups is 3. The molecule has 0 saturated carbocycles. The van der Waals surface area contributed by atoms with E-state index in [0.29, 0.717) is 17.9 Å². The van der Waals surface area contributed by atoms with Crippen LogP contribution in [-0.4, -0.2) is 52.5 Å². The lowest BCUT2D eigenvalue weighted by atomic mass is 9.90. The predicted molar refractivity (Wildman–Crippen MR) is 128 cm³/mol. The quantitative estimate of drug-likeness (QED) is 0.330. The van der Waals surface area contributed by atoms with Crippen LogP contribution in [0.1, 0.15) is 42.9 Å². The normalized spacial score (nSPS) is 13.0. The standard InChI is InChI=1S/C25H32N4O5/c1-15(2)9-16(10-22(30)20-12-18-19(27-20)7-6-8-23(18)33-4)24(31)28-21(25(32)34-5)11-17-13-26-14-29(17)3/h6-8,12-16,21,27H,9-11H2,1-5H3,(H,28,31)/t16-,21+/m1/s1. The number of esters is 1. The number of amides is 1. The van der Waals surface area contributed by atoms with Crippen LogP contribution in [0.4, 0.5) is 0 Å². The number of fused-ring (bicyclic) bond motifs is 1. The highest BCUT2D eigenvalue weighted by molar-refractivity contribution is 6.02. The van der Waals surface area contributed by atoms with Gasteiger partial charge in [0.2, 0.25) is 5.91 Å². The average molecular weight is 469 g/mol. The van der Waals surface area contributed by atoms with E-state index >= 15 is 0 Å². The van der Waals surface area contributed by atoms with Gasteiger partial charge in [-0.05, 0) is 30.5 Å². The van der Waals surface area contributed by atoms with Crippen molar-refractivity contribution in [3.05, 3.63) is 48.2 Å². The highest BCUT2D eigenvalue weighted by Gasteiger charge is 2.29. The molecule has 0 bridgehead atoms. The molecule has 2 atom stereocenters. The summed E-state index contributed by atoms with van der Waals surface area (Å²) in [4.78, 5) is 45.9. The van der Waals surface area contributed by atoms with Crippen LogP contribution >= 0.6 is 0 Å². The first-order valence-corrected chi connectivity index (χ1v) is 11.3. The van der Waals surface area contributed by atoms with Crippen LogP contribution in [0, 0.1) is 11.8 Å².